The van der Waals surface area contributed by atoms with Crippen LogP contribution < -0.4 is 10.7 Å². The number of hydrogen-bond donors (Lipinski definition) is 1. The fourth-order valence-electron chi connectivity index (χ4n) is 3.66. The number of pyridine rings is 1. The molecule has 4 nitrogen and oxygen atoms in total. The molecule has 1 aliphatic rings. The molecule has 0 atom stereocenters. The normalized spacial score (nSPS) is 13.0. The minimum absolute atomic E-state index is 0.197. The van der Waals surface area contributed by atoms with Gasteiger partial charge in [-0.1, -0.05) is 29.8 Å². The molecule has 0 spiro atoms. The van der Waals surface area contributed by atoms with E-state index in [0.29, 0.717) is 5.39 Å². The van der Waals surface area contributed by atoms with E-state index in [2.05, 4.69) is 11.4 Å². The van der Waals surface area contributed by atoms with Crippen molar-refractivity contribution in [3.63, 3.8) is 0 Å². The van der Waals surface area contributed by atoms with Crippen LogP contribution in [0, 0.1) is 13.8 Å². The summed E-state index contributed by atoms with van der Waals surface area (Å²) in [4.78, 5) is 25.6. The minimum atomic E-state index is -0.349. The summed E-state index contributed by atoms with van der Waals surface area (Å²) in [5.41, 5.74) is 5.02. The van der Waals surface area contributed by atoms with Crippen molar-refractivity contribution in [2.75, 3.05) is 5.32 Å². The largest absolute Gasteiger partial charge is 0.346 e. The number of para-hydroxylation sites is 1. The molecule has 2 aromatic carbocycles. The van der Waals surface area contributed by atoms with E-state index in [4.69, 9.17) is 0 Å². The number of benzene rings is 2. The fraction of sp³-hybridized carbons (Fsp3) is 0.238. The first-order valence-corrected chi connectivity index (χ1v) is 8.58. The van der Waals surface area contributed by atoms with Crippen LogP contribution in [-0.2, 0) is 13.0 Å². The molecule has 4 rings (SSSR count). The van der Waals surface area contributed by atoms with Gasteiger partial charge in [0.15, 0.2) is 0 Å². The molecular weight excluding hydrogens is 312 g/mol. The van der Waals surface area contributed by atoms with E-state index < -0.39 is 0 Å². The summed E-state index contributed by atoms with van der Waals surface area (Å²) in [6.07, 6.45) is 3.71. The molecule has 0 unspecified atom stereocenters. The van der Waals surface area contributed by atoms with Crippen LogP contribution in [0.3, 0.4) is 0 Å². The van der Waals surface area contributed by atoms with Crippen LogP contribution in [0.15, 0.2) is 47.4 Å². The van der Waals surface area contributed by atoms with E-state index in [1.807, 2.05) is 48.7 Å². The van der Waals surface area contributed by atoms with Crippen LogP contribution in [0.5, 0.6) is 0 Å². The first kappa shape index (κ1) is 15.6. The molecular formula is C21H20N2O2. The Kier molecular flexibility index (Phi) is 3.68. The van der Waals surface area contributed by atoms with Crippen LogP contribution >= 0.6 is 0 Å². The third-order valence-electron chi connectivity index (χ3n) is 4.90. The van der Waals surface area contributed by atoms with E-state index in [1.54, 1.807) is 6.20 Å². The summed E-state index contributed by atoms with van der Waals surface area (Å²) in [6.45, 7) is 4.79. The van der Waals surface area contributed by atoms with Crippen molar-refractivity contribution >= 4 is 22.5 Å². The highest BCUT2D eigenvalue weighted by Crippen LogP contribution is 2.24. The average Bonchev–Trinajstić information content (AvgIpc) is 2.60. The van der Waals surface area contributed by atoms with Gasteiger partial charge in [-0.05, 0) is 49.9 Å². The molecule has 25 heavy (non-hydrogen) atoms. The first-order valence-electron chi connectivity index (χ1n) is 8.58. The molecule has 4 heteroatoms. The molecule has 1 N–H and O–H groups in total. The molecule has 0 saturated heterocycles. The predicted molar refractivity (Wildman–Crippen MR) is 100 cm³/mol. The van der Waals surface area contributed by atoms with Gasteiger partial charge in [-0.3, -0.25) is 9.59 Å². The maximum absolute atomic E-state index is 12.9. The number of aryl methyl sites for hydroxylation is 4. The SMILES string of the molecule is Cc1ccc(NC(=O)c2cn3c4c(cccc4c2=O)CCC3)c(C)c1. The van der Waals surface area contributed by atoms with Crippen molar-refractivity contribution in [2.24, 2.45) is 0 Å². The van der Waals surface area contributed by atoms with E-state index in [-0.39, 0.29) is 16.9 Å². The predicted octanol–water partition coefficient (Wildman–Crippen LogP) is 3.82. The van der Waals surface area contributed by atoms with Crippen LogP contribution in [0.4, 0.5) is 5.69 Å². The van der Waals surface area contributed by atoms with E-state index >= 15 is 0 Å². The Labute approximate surface area is 146 Å². The van der Waals surface area contributed by atoms with Gasteiger partial charge >= 0.3 is 0 Å². The zero-order valence-corrected chi connectivity index (χ0v) is 14.4. The second-order valence-corrected chi connectivity index (χ2v) is 6.75. The molecule has 0 aliphatic carbocycles. The molecule has 0 bridgehead atoms. The Balaban J connectivity index is 1.80. The van der Waals surface area contributed by atoms with Gasteiger partial charge in [0.25, 0.3) is 5.91 Å². The molecule has 1 aliphatic heterocycles. The zero-order valence-electron chi connectivity index (χ0n) is 14.4. The van der Waals surface area contributed by atoms with Crippen molar-refractivity contribution in [3.05, 3.63) is 75.1 Å². The summed E-state index contributed by atoms with van der Waals surface area (Å²) < 4.78 is 2.05. The lowest BCUT2D eigenvalue weighted by Gasteiger charge is -2.20. The van der Waals surface area contributed by atoms with Crippen molar-refractivity contribution in [1.29, 1.82) is 0 Å². The lowest BCUT2D eigenvalue weighted by atomic mass is 9.99. The number of rotatable bonds is 2. The average molecular weight is 332 g/mol. The number of nitrogens with zero attached hydrogens (tertiary/aromatic N) is 1. The number of carbonyl (C=O) groups is 1. The van der Waals surface area contributed by atoms with Gasteiger partial charge in [-0.15, -0.1) is 0 Å². The highest BCUT2D eigenvalue weighted by atomic mass is 16.2. The van der Waals surface area contributed by atoms with E-state index in [9.17, 15) is 9.59 Å². The number of amides is 1. The lowest BCUT2D eigenvalue weighted by molar-refractivity contribution is 0.102. The van der Waals surface area contributed by atoms with Crippen LogP contribution in [0.25, 0.3) is 10.9 Å². The molecule has 0 radical (unpaired) electrons. The van der Waals surface area contributed by atoms with Crippen molar-refractivity contribution < 1.29 is 4.79 Å². The summed E-state index contributed by atoms with van der Waals surface area (Å²) in [7, 11) is 0. The Hall–Kier alpha value is -2.88. The monoisotopic (exact) mass is 332 g/mol. The van der Waals surface area contributed by atoms with Crippen molar-refractivity contribution in [2.45, 2.75) is 33.2 Å². The van der Waals surface area contributed by atoms with Crippen LogP contribution in [0.2, 0.25) is 0 Å². The third kappa shape index (κ3) is 2.64. The fourth-order valence-corrected chi connectivity index (χ4v) is 3.66. The number of hydrogen-bond acceptors (Lipinski definition) is 2. The van der Waals surface area contributed by atoms with Gasteiger partial charge in [0.1, 0.15) is 5.56 Å². The summed E-state index contributed by atoms with van der Waals surface area (Å²) in [6, 6.07) is 11.6. The van der Waals surface area contributed by atoms with Gasteiger partial charge in [-0.2, -0.15) is 0 Å². The molecule has 0 fully saturated rings. The van der Waals surface area contributed by atoms with Gasteiger partial charge in [-0.25, -0.2) is 0 Å². The smallest absolute Gasteiger partial charge is 0.261 e. The zero-order chi connectivity index (χ0) is 17.6. The molecule has 0 saturated carbocycles. The number of anilines is 1. The number of aromatic nitrogens is 1. The van der Waals surface area contributed by atoms with Crippen molar-refractivity contribution in [1.82, 2.24) is 4.57 Å². The molecule has 3 aromatic rings. The maximum Gasteiger partial charge on any atom is 0.261 e. The second kappa shape index (κ2) is 5.88. The lowest BCUT2D eigenvalue weighted by Crippen LogP contribution is -2.25. The quantitative estimate of drug-likeness (QED) is 0.776. The Bertz CT molecular complexity index is 1060. The standard InChI is InChI=1S/C21H20N2O2/c1-13-8-9-18(14(2)11-13)22-21(25)17-12-23-10-4-6-15-5-3-7-16(19(15)23)20(17)24/h3,5,7-9,11-12H,4,6,10H2,1-2H3,(H,22,25). The van der Waals surface area contributed by atoms with Crippen LogP contribution in [-0.4, -0.2) is 10.5 Å². The number of carbonyl (C=O) groups excluding carboxylic acids is 1. The summed E-state index contributed by atoms with van der Waals surface area (Å²) in [5.74, 6) is -0.349. The highest BCUT2D eigenvalue weighted by Gasteiger charge is 2.19. The Morgan fingerprint density at radius 2 is 2.00 bits per heavy atom. The molecule has 126 valence electrons. The molecule has 1 aromatic heterocycles. The minimum Gasteiger partial charge on any atom is -0.346 e. The van der Waals surface area contributed by atoms with Gasteiger partial charge in [0.05, 0.1) is 5.52 Å². The van der Waals surface area contributed by atoms with Gasteiger partial charge in [0.2, 0.25) is 5.43 Å². The van der Waals surface area contributed by atoms with E-state index in [1.165, 1.54) is 5.56 Å². The van der Waals surface area contributed by atoms with Crippen LogP contribution in [0.1, 0.15) is 33.5 Å². The highest BCUT2D eigenvalue weighted by molar-refractivity contribution is 6.06. The summed E-state index contributed by atoms with van der Waals surface area (Å²) >= 11 is 0. The molecule has 1 amide bonds. The van der Waals surface area contributed by atoms with Gasteiger partial charge < -0.3 is 9.88 Å². The number of nitrogens with one attached hydrogen (secondary N) is 1. The molecule has 2 heterocycles. The third-order valence-corrected chi connectivity index (χ3v) is 4.90. The van der Waals surface area contributed by atoms with Gasteiger partial charge in [0, 0.05) is 23.8 Å². The van der Waals surface area contributed by atoms with Crippen molar-refractivity contribution in [3.8, 4) is 0 Å². The maximum atomic E-state index is 12.9. The van der Waals surface area contributed by atoms with E-state index in [0.717, 1.165) is 41.7 Å². The topological polar surface area (TPSA) is 51.1 Å². The second-order valence-electron chi connectivity index (χ2n) is 6.75. The Morgan fingerprint density at radius 1 is 1.16 bits per heavy atom. The first-order chi connectivity index (χ1) is 12.0. The Morgan fingerprint density at radius 3 is 2.80 bits per heavy atom. The summed E-state index contributed by atoms with van der Waals surface area (Å²) in [5, 5.41) is 3.52.